The van der Waals surface area contributed by atoms with Gasteiger partial charge in [-0.15, -0.1) is 0 Å². The van der Waals surface area contributed by atoms with Crippen molar-refractivity contribution >= 4 is 0 Å². The molecule has 0 atom stereocenters. The minimum atomic E-state index is -0.00991. The van der Waals surface area contributed by atoms with E-state index in [0.717, 1.165) is 5.75 Å². The van der Waals surface area contributed by atoms with Crippen molar-refractivity contribution in [2.24, 2.45) is 0 Å². The van der Waals surface area contributed by atoms with Crippen LogP contribution in [0.15, 0.2) is 30.3 Å². The van der Waals surface area contributed by atoms with Crippen molar-refractivity contribution in [3.63, 3.8) is 0 Å². The van der Waals surface area contributed by atoms with Gasteiger partial charge in [0.2, 0.25) is 0 Å². The molecule has 0 saturated heterocycles. The molecule has 0 N–H and O–H groups in total. The van der Waals surface area contributed by atoms with Crippen LogP contribution in [0.5, 0.6) is 5.75 Å². The zero-order chi connectivity index (χ0) is 6.53. The van der Waals surface area contributed by atoms with E-state index in [1.807, 2.05) is 30.3 Å². The third kappa shape index (κ3) is 0.997. The van der Waals surface area contributed by atoms with Crippen LogP contribution in [0.1, 0.15) is 1.37 Å². The van der Waals surface area contributed by atoms with E-state index in [9.17, 15) is 0 Å². The Hall–Kier alpha value is -0.980. The topological polar surface area (TPSA) is 9.23 Å². The molecule has 8 heavy (non-hydrogen) atoms. The Morgan fingerprint density at radius 3 is 2.75 bits per heavy atom. The Kier molecular flexibility index (Phi) is 1.17. The summed E-state index contributed by atoms with van der Waals surface area (Å²) in [5.74, 6) is 0.757. The highest BCUT2D eigenvalue weighted by Gasteiger charge is 1.80. The van der Waals surface area contributed by atoms with Gasteiger partial charge in [-0.1, -0.05) is 18.2 Å². The van der Waals surface area contributed by atoms with Crippen LogP contribution < -0.4 is 4.74 Å². The summed E-state index contributed by atoms with van der Waals surface area (Å²) < 4.78 is 11.6. The summed E-state index contributed by atoms with van der Waals surface area (Å²) in [6.07, 6.45) is 0. The largest absolute Gasteiger partial charge is 0.497 e. The number of rotatable bonds is 1. The molecular formula is C7H8O. The van der Waals surface area contributed by atoms with E-state index < -0.39 is 0 Å². The van der Waals surface area contributed by atoms with Crippen molar-refractivity contribution in [2.45, 2.75) is 0 Å². The average Bonchev–Trinajstić information content (AvgIpc) is 1.91. The monoisotopic (exact) mass is 110 g/mol. The molecule has 0 amide bonds. The van der Waals surface area contributed by atoms with Gasteiger partial charge < -0.3 is 4.74 Å². The highest BCUT2D eigenvalue weighted by Crippen LogP contribution is 2.05. The first kappa shape index (κ1) is 3.96. The molecule has 0 aliphatic heterocycles. The first-order valence-electron chi connectivity index (χ1n) is 3.11. The first-order chi connectivity index (χ1) is 4.43. The Morgan fingerprint density at radius 2 is 2.12 bits per heavy atom. The van der Waals surface area contributed by atoms with E-state index in [0.29, 0.717) is 0 Å². The molecule has 1 aromatic carbocycles. The zero-order valence-corrected chi connectivity index (χ0v) is 4.50. The van der Waals surface area contributed by atoms with Crippen LogP contribution in [-0.4, -0.2) is 7.09 Å². The highest BCUT2D eigenvalue weighted by atomic mass is 16.5. The number of para-hydroxylation sites is 1. The van der Waals surface area contributed by atoms with Gasteiger partial charge in [-0.05, 0) is 12.1 Å². The fourth-order valence-electron chi connectivity index (χ4n) is 0.517. The molecule has 1 aromatic rings. The normalized spacial score (nSPS) is 10.2. The molecule has 0 aliphatic carbocycles. The predicted octanol–water partition coefficient (Wildman–Crippen LogP) is 1.70. The van der Waals surface area contributed by atoms with Crippen molar-refractivity contribution in [3.8, 4) is 5.75 Å². The summed E-state index contributed by atoms with van der Waals surface area (Å²) >= 11 is 0. The lowest BCUT2D eigenvalue weighted by Crippen LogP contribution is -1.78. The van der Waals surface area contributed by atoms with E-state index in [1.54, 1.807) is 0 Å². The maximum Gasteiger partial charge on any atom is 0.118 e. The summed E-state index contributed by atoms with van der Waals surface area (Å²) in [5.41, 5.74) is 0. The molecule has 0 aliphatic rings. The Morgan fingerprint density at radius 1 is 1.38 bits per heavy atom. The fourth-order valence-corrected chi connectivity index (χ4v) is 0.517. The third-order valence-corrected chi connectivity index (χ3v) is 0.910. The van der Waals surface area contributed by atoms with E-state index >= 15 is 0 Å². The van der Waals surface area contributed by atoms with Gasteiger partial charge in [-0.2, -0.15) is 0 Å². The van der Waals surface area contributed by atoms with Crippen molar-refractivity contribution in [1.82, 2.24) is 0 Å². The summed E-state index contributed by atoms with van der Waals surface area (Å²) in [6, 6.07) is 9.33. The predicted molar refractivity (Wildman–Crippen MR) is 33.0 cm³/mol. The first-order valence-corrected chi connectivity index (χ1v) is 2.40. The molecule has 0 bridgehead atoms. The van der Waals surface area contributed by atoms with E-state index in [4.69, 9.17) is 6.11 Å². The lowest BCUT2D eigenvalue weighted by Gasteiger charge is -1.93. The second kappa shape index (κ2) is 2.36. The van der Waals surface area contributed by atoms with Gasteiger partial charge in [0.15, 0.2) is 0 Å². The summed E-state index contributed by atoms with van der Waals surface area (Å²) in [6.45, 7) is 0. The SMILES string of the molecule is [3H]COc1ccccc1. The van der Waals surface area contributed by atoms with Crippen LogP contribution in [0.4, 0.5) is 0 Å². The zero-order valence-electron chi connectivity index (χ0n) is 5.50. The number of methoxy groups -OCH3 is 1. The van der Waals surface area contributed by atoms with E-state index in [2.05, 4.69) is 0 Å². The number of hydrogen-bond acceptors (Lipinski definition) is 1. The van der Waals surface area contributed by atoms with Gasteiger partial charge in [-0.3, -0.25) is 0 Å². The van der Waals surface area contributed by atoms with Crippen molar-refractivity contribution < 1.29 is 6.11 Å². The second-order valence-corrected chi connectivity index (χ2v) is 1.46. The number of hydrogen-bond donors (Lipinski definition) is 0. The summed E-state index contributed by atoms with van der Waals surface area (Å²) in [5, 5.41) is 0. The van der Waals surface area contributed by atoms with Gasteiger partial charge in [0, 0.05) is 0 Å². The van der Waals surface area contributed by atoms with Crippen LogP contribution in [0.2, 0.25) is 0 Å². The van der Waals surface area contributed by atoms with Crippen LogP contribution in [0.25, 0.3) is 0 Å². The van der Waals surface area contributed by atoms with E-state index in [-0.39, 0.29) is 7.09 Å². The third-order valence-electron chi connectivity index (χ3n) is 0.910. The minimum Gasteiger partial charge on any atom is -0.497 e. The fraction of sp³-hybridized carbons (Fsp3) is 0.143. The Labute approximate surface area is 50.3 Å². The number of ether oxygens (including phenoxy) is 1. The van der Waals surface area contributed by atoms with Crippen LogP contribution >= 0.6 is 0 Å². The Balaban J connectivity index is 2.61. The van der Waals surface area contributed by atoms with Crippen LogP contribution in [0.3, 0.4) is 0 Å². The van der Waals surface area contributed by atoms with Gasteiger partial charge in [-0.25, -0.2) is 0 Å². The maximum atomic E-state index is 6.72. The molecule has 0 heterocycles. The quantitative estimate of drug-likeness (QED) is 0.534. The average molecular weight is 110 g/mol. The lowest BCUT2D eigenvalue weighted by molar-refractivity contribution is 0.415. The molecule has 0 aromatic heterocycles. The molecule has 42 valence electrons. The summed E-state index contributed by atoms with van der Waals surface area (Å²) in [7, 11) is -0.00991. The van der Waals surface area contributed by atoms with Gasteiger partial charge in [0.05, 0.1) is 8.46 Å². The lowest BCUT2D eigenvalue weighted by atomic mass is 10.3. The van der Waals surface area contributed by atoms with E-state index in [1.165, 1.54) is 0 Å². The molecule has 0 saturated carbocycles. The molecule has 1 heteroatoms. The van der Waals surface area contributed by atoms with Gasteiger partial charge in [0.25, 0.3) is 0 Å². The maximum absolute atomic E-state index is 6.72. The smallest absolute Gasteiger partial charge is 0.118 e. The molecule has 1 rings (SSSR count). The molecule has 1 nitrogen and oxygen atoms in total. The molecule has 0 unspecified atom stereocenters. The molecule has 0 fully saturated rings. The van der Waals surface area contributed by atoms with Crippen molar-refractivity contribution in [3.05, 3.63) is 30.3 Å². The van der Waals surface area contributed by atoms with Gasteiger partial charge in [0.1, 0.15) is 5.75 Å². The molecular weight excluding hydrogens is 100 g/mol. The van der Waals surface area contributed by atoms with Crippen LogP contribution in [0, 0.1) is 0 Å². The van der Waals surface area contributed by atoms with Gasteiger partial charge >= 0.3 is 0 Å². The minimum absolute atomic E-state index is 0.00991. The molecule has 0 radical (unpaired) electrons. The second-order valence-electron chi connectivity index (χ2n) is 1.46. The summed E-state index contributed by atoms with van der Waals surface area (Å²) in [4.78, 5) is 0. The van der Waals surface area contributed by atoms with Crippen molar-refractivity contribution in [2.75, 3.05) is 7.09 Å². The standard InChI is InChI=1S/C7H8O/c1-8-7-5-3-2-4-6-7/h2-6H,1H3/i1T. The molecule has 0 spiro atoms. The van der Waals surface area contributed by atoms with Crippen molar-refractivity contribution in [1.29, 1.82) is 0 Å². The number of benzene rings is 1. The highest BCUT2D eigenvalue weighted by molar-refractivity contribution is 5.20. The van der Waals surface area contributed by atoms with Crippen LogP contribution in [-0.2, 0) is 0 Å². The Bertz CT molecular complexity index is 162.